The van der Waals surface area contributed by atoms with Crippen LogP contribution in [0.1, 0.15) is 19.8 Å². The molecule has 0 fully saturated rings. The first kappa shape index (κ1) is 19.2. The van der Waals surface area contributed by atoms with E-state index < -0.39 is 20.7 Å². The number of rotatable bonds is 11. The lowest BCUT2D eigenvalue weighted by atomic mass is 10.1. The quantitative estimate of drug-likeness (QED) is 0.431. The molecule has 0 rings (SSSR count). The largest absolute Gasteiger partial charge is 0.500 e. The van der Waals surface area contributed by atoms with Crippen molar-refractivity contribution in [1.82, 2.24) is 0 Å². The highest BCUT2D eigenvalue weighted by Gasteiger charge is 2.37. The summed E-state index contributed by atoms with van der Waals surface area (Å²) in [5.74, 6) is -1.50. The van der Waals surface area contributed by atoms with E-state index in [1.807, 2.05) is 0 Å². The van der Waals surface area contributed by atoms with Crippen LogP contribution in [0.5, 0.6) is 0 Å². The molecule has 7 nitrogen and oxygen atoms in total. The second kappa shape index (κ2) is 10.0. The molecule has 3 N–H and O–H groups in total. The van der Waals surface area contributed by atoms with Gasteiger partial charge in [0.1, 0.15) is 0 Å². The Morgan fingerprint density at radius 3 is 2.30 bits per heavy atom. The molecule has 0 amide bonds. The van der Waals surface area contributed by atoms with E-state index in [-0.39, 0.29) is 6.04 Å². The van der Waals surface area contributed by atoms with Crippen molar-refractivity contribution in [2.24, 2.45) is 16.6 Å². The van der Waals surface area contributed by atoms with E-state index in [4.69, 9.17) is 24.1 Å². The zero-order chi connectivity index (χ0) is 15.6. The SMILES string of the molecule is CO[Si](CCCC(CN)N=CC(C)C(=O)O)(OC)OC. The van der Waals surface area contributed by atoms with Gasteiger partial charge in [0.05, 0.1) is 12.0 Å². The Morgan fingerprint density at radius 2 is 1.90 bits per heavy atom. The van der Waals surface area contributed by atoms with E-state index in [1.54, 1.807) is 28.3 Å². The number of nitrogens with zero attached hydrogens (tertiary/aromatic N) is 1. The van der Waals surface area contributed by atoms with Gasteiger partial charge in [-0.25, -0.2) is 0 Å². The summed E-state index contributed by atoms with van der Waals surface area (Å²) in [7, 11) is 2.18. The molecule has 0 heterocycles. The Balaban J connectivity index is 4.29. The summed E-state index contributed by atoms with van der Waals surface area (Å²) in [6, 6.07) is 0.589. The van der Waals surface area contributed by atoms with Gasteiger partial charge in [-0.3, -0.25) is 9.79 Å². The molecule has 0 aliphatic heterocycles. The van der Waals surface area contributed by atoms with Crippen LogP contribution in [-0.2, 0) is 18.1 Å². The molecule has 2 unspecified atom stereocenters. The molecule has 118 valence electrons. The Bertz CT molecular complexity index is 302. The monoisotopic (exact) mass is 306 g/mol. The molecule has 20 heavy (non-hydrogen) atoms. The number of hydrogen-bond donors (Lipinski definition) is 2. The number of carboxylic acid groups (broad SMARTS) is 1. The summed E-state index contributed by atoms with van der Waals surface area (Å²) in [5, 5.41) is 8.78. The summed E-state index contributed by atoms with van der Waals surface area (Å²) in [6.07, 6.45) is 2.97. The number of hydrogen-bond acceptors (Lipinski definition) is 6. The molecule has 0 aromatic carbocycles. The molecule has 0 aliphatic rings. The molecule has 0 spiro atoms. The lowest BCUT2D eigenvalue weighted by molar-refractivity contribution is -0.138. The molecule has 0 aromatic heterocycles. The second-order valence-electron chi connectivity index (χ2n) is 4.50. The molecule has 0 radical (unpaired) electrons. The number of nitrogens with two attached hydrogens (primary N) is 1. The molecule has 0 saturated heterocycles. The zero-order valence-corrected chi connectivity index (χ0v) is 13.7. The van der Waals surface area contributed by atoms with Gasteiger partial charge in [0.2, 0.25) is 0 Å². The standard InChI is InChI=1S/C12H26N2O5Si/c1-10(12(15)16)9-14-11(8-13)6-5-7-20(17-2,18-3)19-4/h9-11H,5-8,13H2,1-4H3,(H,15,16). The average Bonchev–Trinajstić information content (AvgIpc) is 2.47. The van der Waals surface area contributed by atoms with Crippen molar-refractivity contribution in [3.8, 4) is 0 Å². The average molecular weight is 306 g/mol. The van der Waals surface area contributed by atoms with Crippen molar-refractivity contribution in [2.45, 2.75) is 31.9 Å². The van der Waals surface area contributed by atoms with Crippen molar-refractivity contribution >= 4 is 21.0 Å². The third-order valence-corrected chi connectivity index (χ3v) is 5.97. The van der Waals surface area contributed by atoms with Gasteiger partial charge in [-0.15, -0.1) is 0 Å². The van der Waals surface area contributed by atoms with Gasteiger partial charge in [-0.05, 0) is 19.8 Å². The van der Waals surface area contributed by atoms with E-state index in [1.165, 1.54) is 6.21 Å². The maximum atomic E-state index is 10.7. The summed E-state index contributed by atoms with van der Waals surface area (Å²) in [6.45, 7) is 1.96. The number of aliphatic carboxylic acids is 1. The van der Waals surface area contributed by atoms with Crippen molar-refractivity contribution in [2.75, 3.05) is 27.9 Å². The highest BCUT2D eigenvalue weighted by atomic mass is 28.4. The highest BCUT2D eigenvalue weighted by Crippen LogP contribution is 2.17. The van der Waals surface area contributed by atoms with Crippen LogP contribution < -0.4 is 5.73 Å². The van der Waals surface area contributed by atoms with Gasteiger partial charge < -0.3 is 24.1 Å². The van der Waals surface area contributed by atoms with Gasteiger partial charge in [0.15, 0.2) is 0 Å². The van der Waals surface area contributed by atoms with Crippen molar-refractivity contribution in [3.05, 3.63) is 0 Å². The molecule has 0 saturated carbocycles. The van der Waals surface area contributed by atoms with E-state index in [2.05, 4.69) is 4.99 Å². The van der Waals surface area contributed by atoms with E-state index in [0.717, 1.165) is 12.8 Å². The fraction of sp³-hybridized carbons (Fsp3) is 0.833. The Hall–Kier alpha value is -0.803. The van der Waals surface area contributed by atoms with Crippen LogP contribution in [0, 0.1) is 5.92 Å². The predicted octanol–water partition coefficient (Wildman–Crippen LogP) is 0.764. The Kier molecular flexibility index (Phi) is 9.60. The molecular formula is C12H26N2O5Si. The normalized spacial score (nSPS) is 15.4. The van der Waals surface area contributed by atoms with Crippen molar-refractivity contribution in [3.63, 3.8) is 0 Å². The first-order valence-electron chi connectivity index (χ1n) is 6.56. The van der Waals surface area contributed by atoms with Gasteiger partial charge in [-0.2, -0.15) is 0 Å². The van der Waals surface area contributed by atoms with Crippen LogP contribution in [0.2, 0.25) is 6.04 Å². The van der Waals surface area contributed by atoms with E-state index >= 15 is 0 Å². The van der Waals surface area contributed by atoms with Crippen LogP contribution >= 0.6 is 0 Å². The van der Waals surface area contributed by atoms with Crippen molar-refractivity contribution < 1.29 is 23.2 Å². The van der Waals surface area contributed by atoms with Gasteiger partial charge in [0.25, 0.3) is 0 Å². The molecule has 8 heteroatoms. The molecular weight excluding hydrogens is 280 g/mol. The number of aliphatic imine (C=N–C) groups is 1. The van der Waals surface area contributed by atoms with Crippen LogP contribution in [-0.4, -0.2) is 60.0 Å². The Morgan fingerprint density at radius 1 is 1.35 bits per heavy atom. The van der Waals surface area contributed by atoms with Gasteiger partial charge >= 0.3 is 14.8 Å². The smallest absolute Gasteiger partial charge is 0.481 e. The lowest BCUT2D eigenvalue weighted by Crippen LogP contribution is -2.42. The highest BCUT2D eigenvalue weighted by molar-refractivity contribution is 6.60. The molecule has 0 aromatic rings. The van der Waals surface area contributed by atoms with Crippen LogP contribution in [0.3, 0.4) is 0 Å². The van der Waals surface area contributed by atoms with Crippen LogP contribution in [0.25, 0.3) is 0 Å². The van der Waals surface area contributed by atoms with Crippen LogP contribution in [0.15, 0.2) is 4.99 Å². The maximum Gasteiger partial charge on any atom is 0.500 e. The summed E-state index contributed by atoms with van der Waals surface area (Å²) >= 11 is 0. The van der Waals surface area contributed by atoms with Gasteiger partial charge in [0, 0.05) is 40.1 Å². The maximum absolute atomic E-state index is 10.7. The first-order valence-corrected chi connectivity index (χ1v) is 8.49. The summed E-state index contributed by atoms with van der Waals surface area (Å²) in [5.41, 5.74) is 5.64. The Labute approximate surface area is 121 Å². The third kappa shape index (κ3) is 6.57. The fourth-order valence-electron chi connectivity index (χ4n) is 1.68. The minimum Gasteiger partial charge on any atom is -0.481 e. The molecule has 2 atom stereocenters. The fourth-order valence-corrected chi connectivity index (χ4v) is 3.43. The van der Waals surface area contributed by atoms with Crippen molar-refractivity contribution in [1.29, 1.82) is 0 Å². The van der Waals surface area contributed by atoms with Crippen LogP contribution in [0.4, 0.5) is 0 Å². The summed E-state index contributed by atoms with van der Waals surface area (Å²) < 4.78 is 16.0. The van der Waals surface area contributed by atoms with Gasteiger partial charge in [-0.1, -0.05) is 0 Å². The van der Waals surface area contributed by atoms with E-state index in [9.17, 15) is 4.79 Å². The number of carbonyl (C=O) groups is 1. The predicted molar refractivity (Wildman–Crippen MR) is 79.0 cm³/mol. The summed E-state index contributed by atoms with van der Waals surface area (Å²) in [4.78, 5) is 14.9. The first-order chi connectivity index (χ1) is 9.44. The zero-order valence-electron chi connectivity index (χ0n) is 12.7. The molecule has 0 bridgehead atoms. The topological polar surface area (TPSA) is 103 Å². The minimum absolute atomic E-state index is 0.0888. The second-order valence-corrected chi connectivity index (χ2v) is 7.59. The molecule has 0 aliphatic carbocycles. The number of carboxylic acids is 1. The lowest BCUT2D eigenvalue weighted by Gasteiger charge is -2.24. The van der Waals surface area contributed by atoms with E-state index in [0.29, 0.717) is 12.6 Å². The minimum atomic E-state index is -2.55. The third-order valence-electron chi connectivity index (χ3n) is 3.14.